The first-order chi connectivity index (χ1) is 9.67. The summed E-state index contributed by atoms with van der Waals surface area (Å²) in [6, 6.07) is 5.09. The van der Waals surface area contributed by atoms with Crippen LogP contribution in [0.2, 0.25) is 0 Å². The van der Waals surface area contributed by atoms with Crippen LogP contribution in [-0.4, -0.2) is 27.8 Å². The number of carbonyl (C=O) groups excluding carboxylic acids is 1. The van der Waals surface area contributed by atoms with Gasteiger partial charge in [0, 0.05) is 6.54 Å². The van der Waals surface area contributed by atoms with Crippen molar-refractivity contribution in [2.75, 3.05) is 18.2 Å². The summed E-state index contributed by atoms with van der Waals surface area (Å²) in [6.45, 7) is 3.20. The van der Waals surface area contributed by atoms with E-state index in [1.165, 1.54) is 7.11 Å². The fraction of sp³-hybridized carbons (Fsp3) is 0.308. The fourth-order valence-corrected chi connectivity index (χ4v) is 1.89. The molecule has 3 N–H and O–H groups in total. The molecule has 1 aromatic heterocycles. The molecule has 0 saturated carbocycles. The molecule has 0 atom stereocenters. The number of esters is 1. The first kappa shape index (κ1) is 13.9. The molecule has 1 heterocycles. The van der Waals surface area contributed by atoms with E-state index in [0.29, 0.717) is 23.5 Å². The molecule has 2 aromatic rings. The second kappa shape index (κ2) is 6.05. The van der Waals surface area contributed by atoms with Crippen molar-refractivity contribution in [1.82, 2.24) is 14.8 Å². The third kappa shape index (κ3) is 2.71. The van der Waals surface area contributed by atoms with Gasteiger partial charge in [-0.1, -0.05) is 6.07 Å². The Hall–Kier alpha value is -2.57. The summed E-state index contributed by atoms with van der Waals surface area (Å²) in [4.78, 5) is 11.7. The summed E-state index contributed by atoms with van der Waals surface area (Å²) in [7, 11) is 1.34. The van der Waals surface area contributed by atoms with Crippen molar-refractivity contribution in [3.63, 3.8) is 0 Å². The molecular weight excluding hydrogens is 258 g/mol. The van der Waals surface area contributed by atoms with E-state index in [0.717, 1.165) is 12.4 Å². The molecule has 0 unspecified atom stereocenters. The molecule has 0 bridgehead atoms. The molecule has 0 fully saturated rings. The summed E-state index contributed by atoms with van der Waals surface area (Å²) in [5, 5.41) is 11.0. The molecular formula is C13H17N5O2. The predicted octanol–water partition coefficient (Wildman–Crippen LogP) is 1.28. The van der Waals surface area contributed by atoms with E-state index in [1.807, 2.05) is 11.5 Å². The molecule has 0 aliphatic heterocycles. The smallest absolute Gasteiger partial charge is 0.340 e. The molecule has 2 rings (SSSR count). The van der Waals surface area contributed by atoms with Crippen molar-refractivity contribution in [1.29, 1.82) is 0 Å². The summed E-state index contributed by atoms with van der Waals surface area (Å²) >= 11 is 0. The monoisotopic (exact) mass is 275 g/mol. The second-order valence-corrected chi connectivity index (χ2v) is 4.15. The number of carbonyl (C=O) groups is 1. The van der Waals surface area contributed by atoms with Crippen LogP contribution < -0.4 is 11.1 Å². The largest absolute Gasteiger partial charge is 0.465 e. The molecule has 0 spiro atoms. The van der Waals surface area contributed by atoms with Gasteiger partial charge in [0.2, 0.25) is 0 Å². The Labute approximate surface area is 116 Å². The van der Waals surface area contributed by atoms with Crippen LogP contribution in [0, 0.1) is 0 Å². The molecule has 20 heavy (non-hydrogen) atoms. The highest BCUT2D eigenvalue weighted by Crippen LogP contribution is 2.24. The third-order valence-electron chi connectivity index (χ3n) is 2.96. The molecule has 7 heteroatoms. The molecule has 106 valence electrons. The summed E-state index contributed by atoms with van der Waals surface area (Å²) < 4.78 is 6.65. The van der Waals surface area contributed by atoms with Gasteiger partial charge >= 0.3 is 5.97 Å². The minimum Gasteiger partial charge on any atom is -0.465 e. The van der Waals surface area contributed by atoms with Gasteiger partial charge in [0.05, 0.1) is 30.6 Å². The number of nitrogens with two attached hydrogens (primary N) is 1. The number of nitrogen functional groups attached to an aromatic ring is 1. The molecule has 0 aliphatic rings. The Morgan fingerprint density at radius 3 is 3.00 bits per heavy atom. The Morgan fingerprint density at radius 2 is 2.30 bits per heavy atom. The summed E-state index contributed by atoms with van der Waals surface area (Å²) in [6.07, 6.45) is 1.66. The van der Waals surface area contributed by atoms with E-state index in [9.17, 15) is 4.79 Å². The zero-order chi connectivity index (χ0) is 14.5. The third-order valence-corrected chi connectivity index (χ3v) is 2.96. The van der Waals surface area contributed by atoms with E-state index in [2.05, 4.69) is 15.5 Å². The quantitative estimate of drug-likeness (QED) is 0.630. The van der Waals surface area contributed by atoms with Gasteiger partial charge in [-0.3, -0.25) is 0 Å². The number of anilines is 2. The van der Waals surface area contributed by atoms with Crippen LogP contribution in [-0.2, 0) is 17.8 Å². The molecule has 7 nitrogen and oxygen atoms in total. The van der Waals surface area contributed by atoms with E-state index >= 15 is 0 Å². The van der Waals surface area contributed by atoms with Crippen LogP contribution in [0.3, 0.4) is 0 Å². The lowest BCUT2D eigenvalue weighted by molar-refractivity contribution is 0.0602. The number of benzene rings is 1. The van der Waals surface area contributed by atoms with Crippen LogP contribution in [0.5, 0.6) is 0 Å². The number of methoxy groups -OCH3 is 1. The van der Waals surface area contributed by atoms with Crippen molar-refractivity contribution in [2.45, 2.75) is 20.0 Å². The zero-order valence-corrected chi connectivity index (χ0v) is 11.5. The number of para-hydroxylation sites is 1. The number of hydrogen-bond donors (Lipinski definition) is 2. The Bertz CT molecular complexity index is 609. The molecule has 0 radical (unpaired) electrons. The van der Waals surface area contributed by atoms with Gasteiger partial charge < -0.3 is 20.4 Å². The standard InChI is InChI=1S/C13H17N5O2/c1-3-18-8-16-17-11(18)7-15-12-9(13(19)20-2)5-4-6-10(12)14/h4-6,8,15H,3,7,14H2,1-2H3. The van der Waals surface area contributed by atoms with Crippen molar-refractivity contribution in [3.05, 3.63) is 35.9 Å². The van der Waals surface area contributed by atoms with Crippen LogP contribution in [0.25, 0.3) is 0 Å². The Kier molecular flexibility index (Phi) is 4.19. The van der Waals surface area contributed by atoms with Gasteiger partial charge in [0.15, 0.2) is 5.82 Å². The van der Waals surface area contributed by atoms with Gasteiger partial charge in [0.1, 0.15) is 6.33 Å². The number of nitrogens with zero attached hydrogens (tertiary/aromatic N) is 3. The van der Waals surface area contributed by atoms with Crippen molar-refractivity contribution in [3.8, 4) is 0 Å². The van der Waals surface area contributed by atoms with Gasteiger partial charge in [-0.25, -0.2) is 4.79 Å². The topological polar surface area (TPSA) is 95.1 Å². The highest BCUT2D eigenvalue weighted by molar-refractivity contribution is 5.98. The number of aromatic nitrogens is 3. The lowest BCUT2D eigenvalue weighted by Crippen LogP contribution is -2.13. The van der Waals surface area contributed by atoms with Crippen LogP contribution in [0.4, 0.5) is 11.4 Å². The van der Waals surface area contributed by atoms with Crippen LogP contribution in [0.15, 0.2) is 24.5 Å². The number of rotatable bonds is 5. The second-order valence-electron chi connectivity index (χ2n) is 4.15. The van der Waals surface area contributed by atoms with Crippen molar-refractivity contribution in [2.24, 2.45) is 0 Å². The van der Waals surface area contributed by atoms with Gasteiger partial charge in [-0.2, -0.15) is 0 Å². The average Bonchev–Trinajstić information content (AvgIpc) is 2.92. The SMILES string of the molecule is CCn1cnnc1CNc1c(N)cccc1C(=O)OC. The summed E-state index contributed by atoms with van der Waals surface area (Å²) in [5.74, 6) is 0.336. The lowest BCUT2D eigenvalue weighted by atomic mass is 10.1. The minimum absolute atomic E-state index is 0.398. The number of ether oxygens (including phenoxy) is 1. The number of aryl methyl sites for hydroxylation is 1. The molecule has 1 aromatic carbocycles. The number of hydrogen-bond acceptors (Lipinski definition) is 6. The molecule has 0 aliphatic carbocycles. The zero-order valence-electron chi connectivity index (χ0n) is 11.5. The molecule has 0 saturated heterocycles. The summed E-state index contributed by atoms with van der Waals surface area (Å²) in [5.41, 5.74) is 7.34. The van der Waals surface area contributed by atoms with Gasteiger partial charge in [-0.15, -0.1) is 10.2 Å². The van der Waals surface area contributed by atoms with Crippen molar-refractivity contribution >= 4 is 17.3 Å². The number of nitrogens with one attached hydrogen (secondary N) is 1. The van der Waals surface area contributed by atoms with Gasteiger partial charge in [0.25, 0.3) is 0 Å². The van der Waals surface area contributed by atoms with Crippen LogP contribution in [0.1, 0.15) is 23.1 Å². The van der Waals surface area contributed by atoms with E-state index in [4.69, 9.17) is 10.5 Å². The molecule has 0 amide bonds. The van der Waals surface area contributed by atoms with Gasteiger partial charge in [-0.05, 0) is 19.1 Å². The first-order valence-electron chi connectivity index (χ1n) is 6.24. The minimum atomic E-state index is -0.434. The maximum Gasteiger partial charge on any atom is 0.340 e. The highest BCUT2D eigenvalue weighted by Gasteiger charge is 2.14. The van der Waals surface area contributed by atoms with E-state index < -0.39 is 5.97 Å². The average molecular weight is 275 g/mol. The first-order valence-corrected chi connectivity index (χ1v) is 6.24. The highest BCUT2D eigenvalue weighted by atomic mass is 16.5. The normalized spacial score (nSPS) is 10.3. The lowest BCUT2D eigenvalue weighted by Gasteiger charge is -2.13. The predicted molar refractivity (Wildman–Crippen MR) is 75.2 cm³/mol. The Balaban J connectivity index is 2.23. The van der Waals surface area contributed by atoms with Crippen LogP contribution >= 0.6 is 0 Å². The Morgan fingerprint density at radius 1 is 1.50 bits per heavy atom. The fourth-order valence-electron chi connectivity index (χ4n) is 1.89. The van der Waals surface area contributed by atoms with E-state index in [-0.39, 0.29) is 0 Å². The maximum absolute atomic E-state index is 11.7. The maximum atomic E-state index is 11.7. The van der Waals surface area contributed by atoms with Crippen molar-refractivity contribution < 1.29 is 9.53 Å². The van der Waals surface area contributed by atoms with E-state index in [1.54, 1.807) is 24.5 Å².